The molecule has 0 atom stereocenters. The minimum atomic E-state index is -4.11. The Kier molecular flexibility index (Phi) is 6.92. The minimum Gasteiger partial charge on any atom is -0.335 e. The lowest BCUT2D eigenvalue weighted by molar-refractivity contribution is -0.384. The van der Waals surface area contributed by atoms with Crippen LogP contribution in [0.4, 0.5) is 10.5 Å². The third-order valence-corrected chi connectivity index (χ3v) is 5.76. The fourth-order valence-corrected chi connectivity index (χ4v) is 3.85. The monoisotopic (exact) mass is 385 g/mol. The van der Waals surface area contributed by atoms with Crippen molar-refractivity contribution in [2.75, 3.05) is 19.6 Å². The molecular formula is C16H23N3O6S. The van der Waals surface area contributed by atoms with Gasteiger partial charge in [0.1, 0.15) is 0 Å². The van der Waals surface area contributed by atoms with Crippen molar-refractivity contribution < 1.29 is 23.0 Å². The number of nitrogens with zero attached hydrogens (tertiary/aromatic N) is 3. The van der Waals surface area contributed by atoms with Crippen molar-refractivity contribution in [3.63, 3.8) is 0 Å². The fourth-order valence-electron chi connectivity index (χ4n) is 2.61. The Bertz CT molecular complexity index is 729. The van der Waals surface area contributed by atoms with E-state index in [0.717, 1.165) is 49.9 Å². The molecule has 1 fully saturated rings. The second kappa shape index (κ2) is 8.95. The van der Waals surface area contributed by atoms with Gasteiger partial charge in [0.2, 0.25) is 0 Å². The summed E-state index contributed by atoms with van der Waals surface area (Å²) in [6.45, 7) is 3.09. The van der Waals surface area contributed by atoms with Crippen molar-refractivity contribution in [1.29, 1.82) is 0 Å². The molecule has 0 radical (unpaired) electrons. The van der Waals surface area contributed by atoms with Crippen molar-refractivity contribution in [2.24, 2.45) is 0 Å². The molecule has 0 N–H and O–H groups in total. The van der Waals surface area contributed by atoms with Crippen LogP contribution in [0.5, 0.6) is 0 Å². The van der Waals surface area contributed by atoms with E-state index in [2.05, 4.69) is 0 Å². The number of non-ortho nitro benzene ring substituents is 1. The highest BCUT2D eigenvalue weighted by Gasteiger charge is 2.31. The molecule has 0 saturated carbocycles. The van der Waals surface area contributed by atoms with Crippen molar-refractivity contribution >= 4 is 21.8 Å². The van der Waals surface area contributed by atoms with E-state index < -0.39 is 21.0 Å². The van der Waals surface area contributed by atoms with Crippen LogP contribution >= 0.6 is 0 Å². The van der Waals surface area contributed by atoms with Gasteiger partial charge in [0, 0.05) is 25.2 Å². The van der Waals surface area contributed by atoms with Crippen LogP contribution < -0.4 is 0 Å². The van der Waals surface area contributed by atoms with Crippen LogP contribution in [0.15, 0.2) is 29.2 Å². The number of hydrogen-bond donors (Lipinski definition) is 0. The number of unbranched alkanes of at least 4 members (excludes halogenated alkanes) is 2. The normalized spacial score (nSPS) is 14.6. The summed E-state index contributed by atoms with van der Waals surface area (Å²) in [5, 5.41) is 10.7. The molecule has 0 spiro atoms. The van der Waals surface area contributed by atoms with Crippen molar-refractivity contribution in [1.82, 2.24) is 9.37 Å². The molecule has 1 heterocycles. The first-order valence-electron chi connectivity index (χ1n) is 8.60. The summed E-state index contributed by atoms with van der Waals surface area (Å²) < 4.78 is 26.3. The molecule has 26 heavy (non-hydrogen) atoms. The molecule has 0 unspecified atom stereocenters. The van der Waals surface area contributed by atoms with E-state index >= 15 is 0 Å². The Morgan fingerprint density at radius 2 is 1.85 bits per heavy atom. The second-order valence-corrected chi connectivity index (χ2v) is 7.87. The largest absolute Gasteiger partial charge is 0.429 e. The van der Waals surface area contributed by atoms with E-state index in [1.165, 1.54) is 4.90 Å². The first kappa shape index (κ1) is 20.1. The summed E-state index contributed by atoms with van der Waals surface area (Å²) >= 11 is 0. The number of benzene rings is 1. The van der Waals surface area contributed by atoms with E-state index in [-0.39, 0.29) is 17.1 Å². The van der Waals surface area contributed by atoms with Gasteiger partial charge in [-0.2, -0.15) is 0 Å². The average molecular weight is 385 g/mol. The van der Waals surface area contributed by atoms with Gasteiger partial charge < -0.3 is 9.74 Å². The molecule has 144 valence electrons. The topological polar surface area (TPSA) is 110 Å². The van der Waals surface area contributed by atoms with Crippen molar-refractivity contribution in [3.05, 3.63) is 34.4 Å². The number of nitro groups is 1. The van der Waals surface area contributed by atoms with E-state index in [0.29, 0.717) is 24.0 Å². The van der Waals surface area contributed by atoms with Gasteiger partial charge in [-0.25, -0.2) is 13.2 Å². The first-order valence-corrected chi connectivity index (χ1v) is 10.0. The molecule has 9 nitrogen and oxygen atoms in total. The quantitative estimate of drug-likeness (QED) is 0.386. The smallest absolute Gasteiger partial charge is 0.335 e. The summed E-state index contributed by atoms with van der Waals surface area (Å²) in [5.74, 6) is 0. The molecule has 10 heteroatoms. The van der Waals surface area contributed by atoms with Gasteiger partial charge in [-0.15, -0.1) is 0 Å². The molecular weight excluding hydrogens is 362 g/mol. The Morgan fingerprint density at radius 3 is 2.38 bits per heavy atom. The summed E-state index contributed by atoms with van der Waals surface area (Å²) in [5.41, 5.74) is -0.212. The maximum absolute atomic E-state index is 12.8. The van der Waals surface area contributed by atoms with E-state index in [1.54, 1.807) is 0 Å². The highest BCUT2D eigenvalue weighted by atomic mass is 32.2. The lowest BCUT2D eigenvalue weighted by atomic mass is 10.3. The lowest BCUT2D eigenvalue weighted by Crippen LogP contribution is -2.39. The highest BCUT2D eigenvalue weighted by Crippen LogP contribution is 2.21. The lowest BCUT2D eigenvalue weighted by Gasteiger charge is -2.23. The van der Waals surface area contributed by atoms with Crippen LogP contribution in [-0.2, 0) is 14.9 Å². The zero-order valence-electron chi connectivity index (χ0n) is 14.7. The van der Waals surface area contributed by atoms with Crippen LogP contribution in [0, 0.1) is 10.1 Å². The van der Waals surface area contributed by atoms with Gasteiger partial charge in [-0.05, 0) is 35.9 Å². The Balaban J connectivity index is 2.20. The van der Waals surface area contributed by atoms with Crippen LogP contribution in [0.1, 0.15) is 39.0 Å². The van der Waals surface area contributed by atoms with Gasteiger partial charge in [0.05, 0.1) is 16.4 Å². The second-order valence-electron chi connectivity index (χ2n) is 6.04. The van der Waals surface area contributed by atoms with Gasteiger partial charge in [0.25, 0.3) is 15.7 Å². The Labute approximate surface area is 152 Å². The Hall–Kier alpha value is -2.20. The molecule has 0 aliphatic carbocycles. The molecule has 1 amide bonds. The van der Waals surface area contributed by atoms with E-state index in [4.69, 9.17) is 4.84 Å². The summed E-state index contributed by atoms with van der Waals surface area (Å²) in [4.78, 5) is 28.8. The van der Waals surface area contributed by atoms with Gasteiger partial charge in [-0.1, -0.05) is 19.8 Å². The number of carbonyl (C=O) groups is 1. The summed E-state index contributed by atoms with van der Waals surface area (Å²) in [6.07, 6.45) is 3.24. The van der Waals surface area contributed by atoms with Crippen LogP contribution in [0.3, 0.4) is 0 Å². The molecule has 1 saturated heterocycles. The standard InChI is InChI=1S/C16H23N3O6S/c1-2-3-4-13-18(25-16(20)17-11-5-6-12-17)26(23,24)15-9-7-14(8-10-15)19(21)22/h7-10H,2-6,11-13H2,1H3. The summed E-state index contributed by atoms with van der Waals surface area (Å²) in [6, 6.07) is 4.51. The number of nitro benzene ring substituents is 1. The van der Waals surface area contributed by atoms with Crippen LogP contribution in [0.25, 0.3) is 0 Å². The molecule has 2 rings (SSSR count). The van der Waals surface area contributed by atoms with Crippen LogP contribution in [-0.4, -0.2) is 48.4 Å². The Morgan fingerprint density at radius 1 is 1.23 bits per heavy atom. The number of hydrogen-bond acceptors (Lipinski definition) is 6. The molecule has 1 aliphatic rings. The third kappa shape index (κ3) is 4.92. The molecule has 0 aromatic heterocycles. The predicted molar refractivity (Wildman–Crippen MR) is 93.8 cm³/mol. The number of amides is 1. The van der Waals surface area contributed by atoms with Gasteiger partial charge in [0.15, 0.2) is 0 Å². The first-order chi connectivity index (χ1) is 12.4. The zero-order chi connectivity index (χ0) is 19.2. The SMILES string of the molecule is CCCCCN(OC(=O)N1CCCC1)S(=O)(=O)c1ccc([N+](=O)[O-])cc1. The molecule has 1 aliphatic heterocycles. The number of likely N-dealkylation sites (tertiary alicyclic amines) is 1. The number of sulfonamides is 1. The zero-order valence-corrected chi connectivity index (χ0v) is 15.5. The van der Waals surface area contributed by atoms with E-state index in [1.807, 2.05) is 6.92 Å². The van der Waals surface area contributed by atoms with Crippen molar-refractivity contribution in [2.45, 2.75) is 43.9 Å². The minimum absolute atomic E-state index is 0.0345. The number of rotatable bonds is 8. The number of carbonyl (C=O) groups excluding carboxylic acids is 1. The highest BCUT2D eigenvalue weighted by molar-refractivity contribution is 7.89. The van der Waals surface area contributed by atoms with Gasteiger partial charge in [-0.3, -0.25) is 10.1 Å². The molecule has 0 bridgehead atoms. The maximum Gasteiger partial charge on any atom is 0.429 e. The average Bonchev–Trinajstić information content (AvgIpc) is 3.15. The molecule has 1 aromatic rings. The fraction of sp³-hybridized carbons (Fsp3) is 0.562. The molecule has 1 aromatic carbocycles. The third-order valence-electron chi connectivity index (χ3n) is 4.10. The predicted octanol–water partition coefficient (Wildman–Crippen LogP) is 2.92. The number of hydroxylamine groups is 1. The summed E-state index contributed by atoms with van der Waals surface area (Å²) in [7, 11) is -4.11. The van der Waals surface area contributed by atoms with Crippen LogP contribution in [0.2, 0.25) is 0 Å². The maximum atomic E-state index is 12.8. The van der Waals surface area contributed by atoms with E-state index in [9.17, 15) is 23.3 Å². The van der Waals surface area contributed by atoms with Crippen molar-refractivity contribution in [3.8, 4) is 0 Å². The van der Waals surface area contributed by atoms with Gasteiger partial charge >= 0.3 is 6.09 Å².